The minimum absolute atomic E-state index is 0.0220. The first-order valence-corrected chi connectivity index (χ1v) is 6.07. The molecule has 0 spiro atoms. The maximum atomic E-state index is 8.69. The summed E-state index contributed by atoms with van der Waals surface area (Å²) in [6.45, 7) is 2.73. The first-order valence-electron chi connectivity index (χ1n) is 6.07. The van der Waals surface area contributed by atoms with Gasteiger partial charge in [-0.15, -0.1) is 0 Å². The zero-order valence-corrected chi connectivity index (χ0v) is 10.1. The second-order valence-corrected chi connectivity index (χ2v) is 4.57. The molecule has 1 fully saturated rings. The van der Waals surface area contributed by atoms with Crippen LogP contribution in [0.5, 0.6) is 0 Å². The van der Waals surface area contributed by atoms with E-state index in [0.29, 0.717) is 12.5 Å². The van der Waals surface area contributed by atoms with Crippen LogP contribution in [0.2, 0.25) is 0 Å². The molecule has 2 N–H and O–H groups in total. The van der Waals surface area contributed by atoms with Crippen molar-refractivity contribution in [3.63, 3.8) is 0 Å². The minimum Gasteiger partial charge on any atom is -0.353 e. The van der Waals surface area contributed by atoms with Crippen molar-refractivity contribution in [1.82, 2.24) is 4.98 Å². The van der Waals surface area contributed by atoms with Crippen molar-refractivity contribution in [2.24, 2.45) is 5.73 Å². The van der Waals surface area contributed by atoms with Crippen molar-refractivity contribution in [3.05, 3.63) is 23.9 Å². The third kappa shape index (κ3) is 2.95. The SMILES string of the molecule is C[C@H](N)c1ccnc(N(CCC#N)C2CC2)c1. The average Bonchev–Trinajstić information content (AvgIpc) is 3.14. The van der Waals surface area contributed by atoms with E-state index in [2.05, 4.69) is 16.0 Å². The molecule has 1 aromatic heterocycles. The number of pyridine rings is 1. The van der Waals surface area contributed by atoms with E-state index in [9.17, 15) is 0 Å². The highest BCUT2D eigenvalue weighted by Gasteiger charge is 2.29. The van der Waals surface area contributed by atoms with Crippen molar-refractivity contribution < 1.29 is 0 Å². The van der Waals surface area contributed by atoms with Crippen molar-refractivity contribution in [1.29, 1.82) is 5.26 Å². The van der Waals surface area contributed by atoms with Crippen molar-refractivity contribution in [2.45, 2.75) is 38.3 Å². The summed E-state index contributed by atoms with van der Waals surface area (Å²) in [5.74, 6) is 0.956. The Hall–Kier alpha value is -1.60. The standard InChI is InChI=1S/C13H18N4/c1-10(15)11-5-7-16-13(9-11)17(8-2-6-14)12-3-4-12/h5,7,9-10,12H,2-4,8,15H2,1H3/t10-/m0/s1. The topological polar surface area (TPSA) is 65.9 Å². The fraction of sp³-hybridized carbons (Fsp3) is 0.538. The van der Waals surface area contributed by atoms with Gasteiger partial charge in [-0.3, -0.25) is 0 Å². The summed E-state index contributed by atoms with van der Waals surface area (Å²) in [4.78, 5) is 6.63. The summed E-state index contributed by atoms with van der Waals surface area (Å²) < 4.78 is 0. The van der Waals surface area contributed by atoms with Crippen LogP contribution in [0.25, 0.3) is 0 Å². The number of nitriles is 1. The number of anilines is 1. The fourth-order valence-corrected chi connectivity index (χ4v) is 1.92. The van der Waals surface area contributed by atoms with Gasteiger partial charge in [-0.25, -0.2) is 4.98 Å². The summed E-state index contributed by atoms with van der Waals surface area (Å²) in [6.07, 6.45) is 4.75. The first kappa shape index (κ1) is 11.9. The predicted molar refractivity (Wildman–Crippen MR) is 67.4 cm³/mol. The lowest BCUT2D eigenvalue weighted by Crippen LogP contribution is -2.27. The Morgan fingerprint density at radius 2 is 2.41 bits per heavy atom. The molecule has 1 aromatic rings. The van der Waals surface area contributed by atoms with Crippen LogP contribution in [0.4, 0.5) is 5.82 Å². The molecule has 90 valence electrons. The highest BCUT2D eigenvalue weighted by Crippen LogP contribution is 2.31. The van der Waals surface area contributed by atoms with E-state index in [0.717, 1.165) is 17.9 Å². The van der Waals surface area contributed by atoms with E-state index >= 15 is 0 Å². The van der Waals surface area contributed by atoms with Gasteiger partial charge in [-0.05, 0) is 37.5 Å². The number of nitrogens with zero attached hydrogens (tertiary/aromatic N) is 3. The highest BCUT2D eigenvalue weighted by molar-refractivity contribution is 5.44. The maximum absolute atomic E-state index is 8.69. The van der Waals surface area contributed by atoms with Crippen LogP contribution in [0.15, 0.2) is 18.3 Å². The monoisotopic (exact) mass is 230 g/mol. The minimum atomic E-state index is 0.0220. The Balaban J connectivity index is 2.17. The molecule has 0 radical (unpaired) electrons. The predicted octanol–water partition coefficient (Wildman–Crippen LogP) is 1.98. The summed E-state index contributed by atoms with van der Waals surface area (Å²) in [5.41, 5.74) is 6.97. The van der Waals surface area contributed by atoms with Crippen LogP contribution in [0.1, 0.15) is 37.8 Å². The zero-order chi connectivity index (χ0) is 12.3. The normalized spacial score (nSPS) is 16.3. The van der Waals surface area contributed by atoms with Crippen LogP contribution in [-0.4, -0.2) is 17.6 Å². The third-order valence-electron chi connectivity index (χ3n) is 3.04. The van der Waals surface area contributed by atoms with Gasteiger partial charge in [0.2, 0.25) is 0 Å². The summed E-state index contributed by atoms with van der Waals surface area (Å²) in [5, 5.41) is 8.69. The van der Waals surface area contributed by atoms with Gasteiger partial charge in [0, 0.05) is 24.8 Å². The molecule has 1 heterocycles. The lowest BCUT2D eigenvalue weighted by Gasteiger charge is -2.23. The number of hydrogen-bond acceptors (Lipinski definition) is 4. The molecule has 0 bridgehead atoms. The van der Waals surface area contributed by atoms with Gasteiger partial charge in [-0.1, -0.05) is 0 Å². The van der Waals surface area contributed by atoms with Gasteiger partial charge in [0.1, 0.15) is 5.82 Å². The Labute approximate surface area is 102 Å². The Kier molecular flexibility index (Phi) is 3.60. The Bertz CT molecular complexity index is 418. The molecule has 1 aliphatic rings. The van der Waals surface area contributed by atoms with Crippen LogP contribution < -0.4 is 10.6 Å². The Morgan fingerprint density at radius 3 is 3.00 bits per heavy atom. The lowest BCUT2D eigenvalue weighted by atomic mass is 10.1. The van der Waals surface area contributed by atoms with Gasteiger partial charge in [-0.2, -0.15) is 5.26 Å². The van der Waals surface area contributed by atoms with E-state index < -0.39 is 0 Å². The molecule has 0 aliphatic heterocycles. The molecule has 0 unspecified atom stereocenters. The van der Waals surface area contributed by atoms with Crippen LogP contribution in [0.3, 0.4) is 0 Å². The molecule has 17 heavy (non-hydrogen) atoms. The molecule has 2 rings (SSSR count). The number of rotatable bonds is 5. The van der Waals surface area contributed by atoms with Crippen molar-refractivity contribution >= 4 is 5.82 Å². The van der Waals surface area contributed by atoms with E-state index in [1.807, 2.05) is 19.1 Å². The smallest absolute Gasteiger partial charge is 0.129 e. The van der Waals surface area contributed by atoms with Gasteiger partial charge in [0.05, 0.1) is 12.5 Å². The largest absolute Gasteiger partial charge is 0.353 e. The average molecular weight is 230 g/mol. The Morgan fingerprint density at radius 1 is 1.65 bits per heavy atom. The molecule has 1 aliphatic carbocycles. The second kappa shape index (κ2) is 5.15. The van der Waals surface area contributed by atoms with Gasteiger partial charge < -0.3 is 10.6 Å². The molecule has 4 nitrogen and oxygen atoms in total. The third-order valence-corrected chi connectivity index (χ3v) is 3.04. The first-order chi connectivity index (χ1) is 8.22. The van der Waals surface area contributed by atoms with Crippen LogP contribution >= 0.6 is 0 Å². The lowest BCUT2D eigenvalue weighted by molar-refractivity contribution is 0.767. The zero-order valence-electron chi connectivity index (χ0n) is 10.1. The highest BCUT2D eigenvalue weighted by atomic mass is 15.2. The number of nitrogens with two attached hydrogens (primary N) is 1. The summed E-state index contributed by atoms with van der Waals surface area (Å²) in [7, 11) is 0. The van der Waals surface area contributed by atoms with Gasteiger partial charge in [0.25, 0.3) is 0 Å². The molecule has 4 heteroatoms. The second-order valence-electron chi connectivity index (χ2n) is 4.57. The number of hydrogen-bond donors (Lipinski definition) is 1. The number of aromatic nitrogens is 1. The molecule has 1 atom stereocenters. The van der Waals surface area contributed by atoms with Crippen molar-refractivity contribution in [2.75, 3.05) is 11.4 Å². The molecule has 0 aromatic carbocycles. The quantitative estimate of drug-likeness (QED) is 0.840. The van der Waals surface area contributed by atoms with Gasteiger partial charge >= 0.3 is 0 Å². The molecule has 0 saturated heterocycles. The molecular weight excluding hydrogens is 212 g/mol. The van der Waals surface area contributed by atoms with E-state index in [-0.39, 0.29) is 6.04 Å². The fourth-order valence-electron chi connectivity index (χ4n) is 1.92. The van der Waals surface area contributed by atoms with E-state index in [1.54, 1.807) is 6.20 Å². The maximum Gasteiger partial charge on any atom is 0.129 e. The van der Waals surface area contributed by atoms with E-state index in [4.69, 9.17) is 11.0 Å². The van der Waals surface area contributed by atoms with E-state index in [1.165, 1.54) is 12.8 Å². The van der Waals surface area contributed by atoms with Gasteiger partial charge in [0.15, 0.2) is 0 Å². The molecular formula is C13H18N4. The van der Waals surface area contributed by atoms with Crippen molar-refractivity contribution in [3.8, 4) is 6.07 Å². The summed E-state index contributed by atoms with van der Waals surface area (Å²) in [6, 6.07) is 6.77. The molecule has 0 amide bonds. The molecule has 1 saturated carbocycles. The summed E-state index contributed by atoms with van der Waals surface area (Å²) >= 11 is 0. The van der Waals surface area contributed by atoms with Crippen LogP contribution in [0, 0.1) is 11.3 Å². The van der Waals surface area contributed by atoms with Crippen LogP contribution in [-0.2, 0) is 0 Å².